The maximum atomic E-state index is 10.5. The van der Waals surface area contributed by atoms with Crippen molar-refractivity contribution >= 4 is 51.0 Å². The maximum absolute atomic E-state index is 10.5. The van der Waals surface area contributed by atoms with Crippen LogP contribution in [-0.4, -0.2) is 43.1 Å². The molecule has 0 aliphatic heterocycles. The van der Waals surface area contributed by atoms with Crippen LogP contribution < -0.4 is 5.32 Å². The number of hydrogen-bond acceptors (Lipinski definition) is 6. The van der Waals surface area contributed by atoms with Crippen molar-refractivity contribution < 1.29 is 9.84 Å². The zero-order valence-electron chi connectivity index (χ0n) is 21.7. The van der Waals surface area contributed by atoms with E-state index in [1.54, 1.807) is 13.8 Å². The SMILES string of the molecule is CC(C)(O)O[C@@H]1C[C@@H](CCc2ccc3cc(Cl)c(NCC4CC4)nc3c2)C[C@H]1n1ccc2c(Cl)ncnc21. The molecule has 38 heavy (non-hydrogen) atoms. The summed E-state index contributed by atoms with van der Waals surface area (Å²) in [7, 11) is 0. The Morgan fingerprint density at radius 3 is 2.74 bits per heavy atom. The third-order valence-corrected chi connectivity index (χ3v) is 8.35. The summed E-state index contributed by atoms with van der Waals surface area (Å²) in [5, 5.41) is 16.9. The van der Waals surface area contributed by atoms with Crippen LogP contribution in [0, 0.1) is 11.8 Å². The highest BCUT2D eigenvalue weighted by atomic mass is 35.5. The third-order valence-electron chi connectivity index (χ3n) is 7.76. The van der Waals surface area contributed by atoms with Crippen LogP contribution in [0.15, 0.2) is 42.9 Å². The number of nitrogens with zero attached hydrogens (tertiary/aromatic N) is 4. The summed E-state index contributed by atoms with van der Waals surface area (Å²) in [4.78, 5) is 13.4. The van der Waals surface area contributed by atoms with E-state index >= 15 is 0 Å². The largest absolute Gasteiger partial charge is 0.369 e. The summed E-state index contributed by atoms with van der Waals surface area (Å²) in [6.45, 7) is 4.31. The van der Waals surface area contributed by atoms with Gasteiger partial charge in [0.15, 0.2) is 5.79 Å². The Morgan fingerprint density at radius 1 is 1.11 bits per heavy atom. The fourth-order valence-electron chi connectivity index (χ4n) is 5.71. The van der Waals surface area contributed by atoms with E-state index in [9.17, 15) is 5.11 Å². The number of anilines is 1. The van der Waals surface area contributed by atoms with Crippen molar-refractivity contribution in [3.63, 3.8) is 0 Å². The molecule has 0 amide bonds. The monoisotopic (exact) mass is 553 g/mol. The molecule has 2 N–H and O–H groups in total. The van der Waals surface area contributed by atoms with Crippen molar-refractivity contribution in [2.24, 2.45) is 11.8 Å². The van der Waals surface area contributed by atoms with Crippen molar-refractivity contribution in [3.8, 4) is 0 Å². The van der Waals surface area contributed by atoms with Gasteiger partial charge in [0, 0.05) is 18.1 Å². The highest BCUT2D eigenvalue weighted by molar-refractivity contribution is 6.34. The van der Waals surface area contributed by atoms with Crippen LogP contribution in [0.4, 0.5) is 5.82 Å². The Balaban J connectivity index is 1.18. The Labute approximate surface area is 232 Å². The van der Waals surface area contributed by atoms with Crippen LogP contribution in [-0.2, 0) is 11.2 Å². The number of fused-ring (bicyclic) bond motifs is 2. The van der Waals surface area contributed by atoms with E-state index < -0.39 is 5.79 Å². The zero-order chi connectivity index (χ0) is 26.4. The molecule has 4 aromatic rings. The highest BCUT2D eigenvalue weighted by Crippen LogP contribution is 2.42. The van der Waals surface area contributed by atoms with Crippen LogP contribution in [0.3, 0.4) is 0 Å². The summed E-state index contributed by atoms with van der Waals surface area (Å²) in [5.41, 5.74) is 3.02. The van der Waals surface area contributed by atoms with Gasteiger partial charge in [-0.2, -0.15) is 0 Å². The standard InChI is InChI=1S/C29H33Cl2N5O2/c1-29(2,37)38-25-13-19(12-24(25)36-10-9-21-26(31)33-16-34-28(21)36)6-3-17-7-8-20-14-22(30)27(35-23(20)11-17)32-15-18-4-5-18/h7-11,14,16,18-19,24-25,37H,3-6,12-13,15H2,1-2H3,(H,32,35)/t19-,24+,25+/m0/s1. The molecule has 0 unspecified atom stereocenters. The first-order valence-corrected chi connectivity index (χ1v) is 14.2. The molecule has 3 heterocycles. The lowest BCUT2D eigenvalue weighted by molar-refractivity contribution is -0.210. The normalized spacial score (nSPS) is 22.0. The number of pyridine rings is 1. The van der Waals surface area contributed by atoms with Crippen LogP contribution in [0.2, 0.25) is 10.2 Å². The minimum atomic E-state index is -1.22. The lowest BCUT2D eigenvalue weighted by Gasteiger charge is -2.28. The summed E-state index contributed by atoms with van der Waals surface area (Å²) >= 11 is 12.8. The molecule has 7 nitrogen and oxygen atoms in total. The van der Waals surface area contributed by atoms with Crippen molar-refractivity contribution in [1.29, 1.82) is 0 Å². The van der Waals surface area contributed by atoms with Crippen molar-refractivity contribution in [3.05, 3.63) is 58.6 Å². The van der Waals surface area contributed by atoms with Crippen LogP contribution in [0.5, 0.6) is 0 Å². The van der Waals surface area contributed by atoms with Crippen LogP contribution >= 0.6 is 23.2 Å². The van der Waals surface area contributed by atoms with Crippen molar-refractivity contribution in [1.82, 2.24) is 19.5 Å². The van der Waals surface area contributed by atoms with Crippen LogP contribution in [0.1, 0.15) is 57.6 Å². The molecule has 9 heteroatoms. The van der Waals surface area contributed by atoms with Gasteiger partial charge < -0.3 is 19.7 Å². The number of benzene rings is 1. The second-order valence-corrected chi connectivity index (χ2v) is 12.1. The number of hydrogen-bond donors (Lipinski definition) is 2. The Morgan fingerprint density at radius 2 is 1.95 bits per heavy atom. The molecule has 0 bridgehead atoms. The third kappa shape index (κ3) is 5.62. The number of aromatic nitrogens is 4. The van der Waals surface area contributed by atoms with Gasteiger partial charge in [0.05, 0.1) is 28.1 Å². The lowest BCUT2D eigenvalue weighted by atomic mass is 9.97. The molecule has 3 aromatic heterocycles. The molecule has 200 valence electrons. The molecule has 6 rings (SSSR count). The number of aliphatic hydroxyl groups is 1. The van der Waals surface area contributed by atoms with E-state index in [0.717, 1.165) is 65.9 Å². The van der Waals surface area contributed by atoms with Gasteiger partial charge >= 0.3 is 0 Å². The number of aryl methyl sites for hydroxylation is 1. The molecule has 3 atom stereocenters. The van der Waals surface area contributed by atoms with Gasteiger partial charge in [-0.15, -0.1) is 0 Å². The average molecular weight is 555 g/mol. The smallest absolute Gasteiger partial charge is 0.160 e. The fourth-order valence-corrected chi connectivity index (χ4v) is 6.13. The summed E-state index contributed by atoms with van der Waals surface area (Å²) in [6, 6.07) is 10.5. The Bertz CT molecular complexity index is 1460. The Hall–Kier alpha value is -2.45. The number of ether oxygens (including phenoxy) is 1. The van der Waals surface area contributed by atoms with Crippen molar-refractivity contribution in [2.45, 2.75) is 70.3 Å². The summed E-state index contributed by atoms with van der Waals surface area (Å²) < 4.78 is 8.29. The van der Waals surface area contributed by atoms with E-state index in [4.69, 9.17) is 32.9 Å². The van der Waals surface area contributed by atoms with E-state index in [-0.39, 0.29) is 12.1 Å². The van der Waals surface area contributed by atoms with Gasteiger partial charge in [-0.1, -0.05) is 35.3 Å². The van der Waals surface area contributed by atoms with Gasteiger partial charge in [-0.05, 0) is 88.0 Å². The number of rotatable bonds is 9. The van der Waals surface area contributed by atoms with Crippen LogP contribution in [0.25, 0.3) is 21.9 Å². The summed E-state index contributed by atoms with van der Waals surface area (Å²) in [6.07, 6.45) is 9.70. The lowest BCUT2D eigenvalue weighted by Crippen LogP contribution is -2.33. The van der Waals surface area contributed by atoms with Gasteiger partial charge in [0.25, 0.3) is 0 Å². The number of nitrogens with one attached hydrogen (secondary N) is 1. The molecule has 0 radical (unpaired) electrons. The molecule has 1 aromatic carbocycles. The first-order valence-electron chi connectivity index (χ1n) is 13.4. The molecular weight excluding hydrogens is 521 g/mol. The van der Waals surface area contributed by atoms with Crippen molar-refractivity contribution in [2.75, 3.05) is 11.9 Å². The molecule has 0 saturated heterocycles. The zero-order valence-corrected chi connectivity index (χ0v) is 23.2. The van der Waals surface area contributed by atoms with E-state index in [1.165, 1.54) is 24.7 Å². The maximum Gasteiger partial charge on any atom is 0.160 e. The topological polar surface area (TPSA) is 85.1 Å². The first-order chi connectivity index (χ1) is 18.2. The molecule has 2 saturated carbocycles. The second-order valence-electron chi connectivity index (χ2n) is 11.3. The molecular formula is C29H33Cl2N5O2. The molecule has 0 spiro atoms. The van der Waals surface area contributed by atoms with Gasteiger partial charge in [0.2, 0.25) is 0 Å². The summed E-state index contributed by atoms with van der Waals surface area (Å²) in [5.74, 6) is 0.746. The van der Waals surface area contributed by atoms with E-state index in [0.29, 0.717) is 16.1 Å². The second kappa shape index (κ2) is 10.3. The molecule has 2 fully saturated rings. The fraction of sp³-hybridized carbons (Fsp3) is 0.483. The number of halogens is 2. The minimum Gasteiger partial charge on any atom is -0.369 e. The molecule has 2 aliphatic carbocycles. The van der Waals surface area contributed by atoms with Gasteiger partial charge in [-0.25, -0.2) is 15.0 Å². The van der Waals surface area contributed by atoms with E-state index in [1.807, 2.05) is 18.3 Å². The predicted molar refractivity (Wildman–Crippen MR) is 152 cm³/mol. The molecule has 2 aliphatic rings. The van der Waals surface area contributed by atoms with Gasteiger partial charge in [-0.3, -0.25) is 0 Å². The predicted octanol–water partition coefficient (Wildman–Crippen LogP) is 6.81. The Kier molecular flexibility index (Phi) is 6.97. The van der Waals surface area contributed by atoms with Gasteiger partial charge in [0.1, 0.15) is 22.9 Å². The minimum absolute atomic E-state index is 0.0513. The highest BCUT2D eigenvalue weighted by Gasteiger charge is 2.39. The van der Waals surface area contributed by atoms with E-state index in [2.05, 4.69) is 38.1 Å². The first kappa shape index (κ1) is 25.8. The quantitative estimate of drug-likeness (QED) is 0.175. The average Bonchev–Trinajstić information content (AvgIpc) is 3.47.